The van der Waals surface area contributed by atoms with Crippen molar-refractivity contribution in [2.24, 2.45) is 20.5 Å². The number of ether oxygens (including phenoxy) is 2. The van der Waals surface area contributed by atoms with E-state index < -0.39 is 11.9 Å². The molecule has 0 atom stereocenters. The van der Waals surface area contributed by atoms with Crippen molar-refractivity contribution in [1.29, 1.82) is 0 Å². The Morgan fingerprint density at radius 3 is 1.32 bits per heavy atom. The SMILES string of the molecule is CCOC(=O)c1cnn(-c2ccccn2)c1N=Nc1cc(C(C)(C)C)ccc1O.CCOC(=O)c1cnn(-c2ccccn2)c1N=Nc1cc(C(C)(C)C)ccc1O.[Fe]. The van der Waals surface area contributed by atoms with Gasteiger partial charge in [0, 0.05) is 29.5 Å². The minimum Gasteiger partial charge on any atom is -0.506 e. The van der Waals surface area contributed by atoms with Crippen molar-refractivity contribution >= 4 is 34.9 Å². The monoisotopic (exact) mass is 842 g/mol. The van der Waals surface area contributed by atoms with E-state index in [9.17, 15) is 19.8 Å². The van der Waals surface area contributed by atoms with Crippen LogP contribution in [-0.2, 0) is 37.4 Å². The number of aromatic hydroxyl groups is 2. The Labute approximate surface area is 352 Å². The zero-order valence-corrected chi connectivity index (χ0v) is 35.1. The maximum atomic E-state index is 12.3. The molecule has 0 unspecified atom stereocenters. The molecule has 0 fully saturated rings. The molecular formula is C42H46FeN10O6. The molecule has 308 valence electrons. The van der Waals surface area contributed by atoms with Crippen LogP contribution in [0, 0.1) is 0 Å². The predicted molar refractivity (Wildman–Crippen MR) is 217 cm³/mol. The summed E-state index contributed by atoms with van der Waals surface area (Å²) in [6.45, 7) is 16.3. The second-order valence-corrected chi connectivity index (χ2v) is 14.7. The van der Waals surface area contributed by atoms with E-state index in [1.54, 1.807) is 86.9 Å². The Balaban J connectivity index is 0.000000256. The van der Waals surface area contributed by atoms with Crippen molar-refractivity contribution in [2.45, 2.75) is 66.2 Å². The van der Waals surface area contributed by atoms with Crippen molar-refractivity contribution in [1.82, 2.24) is 29.5 Å². The molecule has 0 saturated heterocycles. The number of carbonyl (C=O) groups excluding carboxylic acids is 2. The number of nitrogens with zero attached hydrogens (tertiary/aromatic N) is 10. The van der Waals surface area contributed by atoms with E-state index >= 15 is 0 Å². The van der Waals surface area contributed by atoms with Gasteiger partial charge >= 0.3 is 11.9 Å². The zero-order chi connectivity index (χ0) is 42.0. The van der Waals surface area contributed by atoms with Crippen LogP contribution in [0.4, 0.5) is 23.0 Å². The number of hydrogen-bond donors (Lipinski definition) is 2. The van der Waals surface area contributed by atoms with E-state index in [1.165, 1.54) is 21.8 Å². The van der Waals surface area contributed by atoms with Crippen molar-refractivity contribution in [3.8, 4) is 23.1 Å². The Kier molecular flexibility index (Phi) is 15.1. The average Bonchev–Trinajstić information content (AvgIpc) is 3.82. The summed E-state index contributed by atoms with van der Waals surface area (Å²) >= 11 is 0. The summed E-state index contributed by atoms with van der Waals surface area (Å²) < 4.78 is 13.0. The summed E-state index contributed by atoms with van der Waals surface area (Å²) in [7, 11) is 0. The third-order valence-corrected chi connectivity index (χ3v) is 8.40. The Morgan fingerprint density at radius 2 is 1.00 bits per heavy atom. The number of carbonyl (C=O) groups is 2. The molecule has 0 radical (unpaired) electrons. The molecule has 0 bridgehead atoms. The molecule has 6 aromatic rings. The van der Waals surface area contributed by atoms with Crippen LogP contribution in [0.5, 0.6) is 11.5 Å². The molecule has 2 aromatic carbocycles. The Morgan fingerprint density at radius 1 is 0.610 bits per heavy atom. The first-order chi connectivity index (χ1) is 27.6. The molecule has 2 N–H and O–H groups in total. The van der Waals surface area contributed by atoms with Crippen molar-refractivity contribution < 1.29 is 46.3 Å². The first-order valence-electron chi connectivity index (χ1n) is 18.5. The molecule has 0 aliphatic carbocycles. The van der Waals surface area contributed by atoms with E-state index in [-0.39, 0.29) is 75.4 Å². The topological polar surface area (TPSA) is 204 Å². The van der Waals surface area contributed by atoms with Crippen LogP contribution in [0.1, 0.15) is 87.2 Å². The van der Waals surface area contributed by atoms with E-state index in [0.29, 0.717) is 23.0 Å². The summed E-state index contributed by atoms with van der Waals surface area (Å²) in [5, 5.41) is 45.7. The number of hydrogen-bond acceptors (Lipinski definition) is 14. The van der Waals surface area contributed by atoms with Crippen LogP contribution in [0.2, 0.25) is 0 Å². The van der Waals surface area contributed by atoms with Gasteiger partial charge in [-0.25, -0.2) is 19.6 Å². The number of phenols is 2. The van der Waals surface area contributed by atoms with Crippen LogP contribution in [0.15, 0.2) is 118 Å². The largest absolute Gasteiger partial charge is 0.506 e. The van der Waals surface area contributed by atoms with Gasteiger partial charge in [-0.05, 0) is 84.3 Å². The van der Waals surface area contributed by atoms with E-state index in [4.69, 9.17) is 9.47 Å². The molecule has 0 saturated carbocycles. The molecule has 4 aromatic heterocycles. The predicted octanol–water partition coefficient (Wildman–Crippen LogP) is 9.72. The van der Waals surface area contributed by atoms with E-state index in [0.717, 1.165) is 11.1 Å². The first-order valence-corrected chi connectivity index (χ1v) is 18.5. The van der Waals surface area contributed by atoms with Gasteiger partial charge < -0.3 is 19.7 Å². The zero-order valence-electron chi connectivity index (χ0n) is 34.0. The quantitative estimate of drug-likeness (QED) is 0.0759. The maximum Gasteiger partial charge on any atom is 0.343 e. The molecule has 0 amide bonds. The Bertz CT molecular complexity index is 2250. The third kappa shape index (κ3) is 11.3. The first kappa shape index (κ1) is 45.1. The van der Waals surface area contributed by atoms with Gasteiger partial charge in [-0.2, -0.15) is 19.6 Å². The van der Waals surface area contributed by atoms with Crippen LogP contribution in [0.25, 0.3) is 11.6 Å². The van der Waals surface area contributed by atoms with Crippen LogP contribution < -0.4 is 0 Å². The van der Waals surface area contributed by atoms with Crippen molar-refractivity contribution in [3.63, 3.8) is 0 Å². The van der Waals surface area contributed by atoms with Crippen LogP contribution in [-0.4, -0.2) is 64.9 Å². The number of rotatable bonds is 10. The molecule has 0 aliphatic rings. The second kappa shape index (κ2) is 19.7. The van der Waals surface area contributed by atoms with E-state index in [2.05, 4.69) is 82.2 Å². The van der Waals surface area contributed by atoms with Crippen LogP contribution >= 0.6 is 0 Å². The minimum atomic E-state index is -0.559. The number of esters is 2. The van der Waals surface area contributed by atoms with Gasteiger partial charge in [-0.15, -0.1) is 20.5 Å². The van der Waals surface area contributed by atoms with Gasteiger partial charge in [0.25, 0.3) is 0 Å². The van der Waals surface area contributed by atoms with Gasteiger partial charge in [0.1, 0.15) is 34.0 Å². The number of phenolic OH excluding ortho intramolecular Hbond substituents is 2. The van der Waals surface area contributed by atoms with E-state index in [1.807, 2.05) is 12.1 Å². The fraction of sp³-hybridized carbons (Fsp3) is 0.286. The average molecular weight is 843 g/mol. The minimum absolute atomic E-state index is 0. The third-order valence-electron chi connectivity index (χ3n) is 8.40. The normalized spacial score (nSPS) is 11.5. The molecule has 6 rings (SSSR count). The standard InChI is InChI=1S/2C21H23N5O3.Fe/c2*1-5-29-20(28)15-13-23-26(18-8-6-7-11-22-18)19(15)25-24-16-12-14(21(2,3)4)9-10-17(16)27;/h2*6-13,27H,5H2,1-4H3;. The molecule has 0 aliphatic heterocycles. The van der Waals surface area contributed by atoms with Gasteiger partial charge in [-0.1, -0.05) is 65.8 Å². The number of azo groups is 2. The van der Waals surface area contributed by atoms with Gasteiger partial charge in [0.05, 0.1) is 25.6 Å². The fourth-order valence-electron chi connectivity index (χ4n) is 5.22. The number of pyridine rings is 2. The summed E-state index contributed by atoms with van der Waals surface area (Å²) in [4.78, 5) is 33.1. The molecule has 4 heterocycles. The van der Waals surface area contributed by atoms with Gasteiger partial charge in [0.2, 0.25) is 0 Å². The van der Waals surface area contributed by atoms with Crippen LogP contribution in [0.3, 0.4) is 0 Å². The second-order valence-electron chi connectivity index (χ2n) is 14.7. The molecule has 59 heavy (non-hydrogen) atoms. The summed E-state index contributed by atoms with van der Waals surface area (Å²) in [6, 6.07) is 21.0. The molecule has 0 spiro atoms. The maximum absolute atomic E-state index is 12.3. The summed E-state index contributed by atoms with van der Waals surface area (Å²) in [5.41, 5.74) is 2.65. The molecule has 16 nitrogen and oxygen atoms in total. The number of aromatic nitrogens is 6. The summed E-state index contributed by atoms with van der Waals surface area (Å²) in [5.74, 6) is 0.152. The molecule has 17 heteroatoms. The fourth-order valence-corrected chi connectivity index (χ4v) is 5.22. The Hall–Kier alpha value is -6.58. The number of benzene rings is 2. The van der Waals surface area contributed by atoms with Crippen molar-refractivity contribution in [2.75, 3.05) is 13.2 Å². The van der Waals surface area contributed by atoms with Gasteiger partial charge in [-0.3, -0.25) is 0 Å². The van der Waals surface area contributed by atoms with Gasteiger partial charge in [0.15, 0.2) is 23.3 Å². The summed E-state index contributed by atoms with van der Waals surface area (Å²) in [6.07, 6.45) is 5.96. The smallest absolute Gasteiger partial charge is 0.343 e. The molecular weight excluding hydrogens is 796 g/mol. The van der Waals surface area contributed by atoms with Crippen molar-refractivity contribution in [3.05, 3.63) is 120 Å².